The number of hydrogen-bond donors (Lipinski definition) is 1. The Morgan fingerprint density at radius 2 is 1.50 bits per heavy atom. The number of carbonyl (C=O) groups excluding carboxylic acids is 1. The van der Waals surface area contributed by atoms with Gasteiger partial charge >= 0.3 is 0 Å². The van der Waals surface area contributed by atoms with E-state index in [-0.39, 0.29) is 30.4 Å². The number of halogens is 2. The van der Waals surface area contributed by atoms with Gasteiger partial charge in [0.25, 0.3) is 0 Å². The fourth-order valence-electron chi connectivity index (χ4n) is 2.78. The van der Waals surface area contributed by atoms with Crippen LogP contribution < -0.4 is 5.32 Å². The van der Waals surface area contributed by atoms with Gasteiger partial charge in [0.2, 0.25) is 15.9 Å². The Morgan fingerprint density at radius 3 is 2.13 bits per heavy atom. The summed E-state index contributed by atoms with van der Waals surface area (Å²) in [5.74, 6) is -0.387. The first-order chi connectivity index (χ1) is 14.3. The molecule has 3 aromatic carbocycles. The van der Waals surface area contributed by atoms with Crippen molar-refractivity contribution in [2.75, 3.05) is 6.54 Å². The maximum absolute atomic E-state index is 13.2. The lowest BCUT2D eigenvalue weighted by Crippen LogP contribution is -2.40. The molecule has 0 spiro atoms. The van der Waals surface area contributed by atoms with Gasteiger partial charge in [-0.1, -0.05) is 70.0 Å². The summed E-state index contributed by atoms with van der Waals surface area (Å²) in [5, 5.41) is 3.38. The van der Waals surface area contributed by atoms with Gasteiger partial charge in [-0.05, 0) is 47.5 Å². The molecule has 0 aromatic heterocycles. The molecule has 0 saturated carbocycles. The highest BCUT2D eigenvalue weighted by Gasteiger charge is 2.26. The van der Waals surface area contributed by atoms with Crippen molar-refractivity contribution in [3.05, 3.63) is 99.5 Å². The standard InChI is InChI=1S/C22H20BrClN2O3S/c23-19-10-6-18(7-11-19)15-26(30(28,29)21-4-2-1-3-5-21)16-22(27)25-14-17-8-12-20(24)13-9-17/h1-13H,14-16H2,(H,25,27). The number of sulfonamides is 1. The Morgan fingerprint density at radius 1 is 0.900 bits per heavy atom. The lowest BCUT2D eigenvalue weighted by Gasteiger charge is -2.22. The fraction of sp³-hybridized carbons (Fsp3) is 0.136. The van der Waals surface area contributed by atoms with Crippen molar-refractivity contribution in [2.45, 2.75) is 18.0 Å². The van der Waals surface area contributed by atoms with Crippen LogP contribution >= 0.6 is 27.5 Å². The summed E-state index contributed by atoms with van der Waals surface area (Å²) in [5.41, 5.74) is 1.65. The lowest BCUT2D eigenvalue weighted by molar-refractivity contribution is -0.121. The van der Waals surface area contributed by atoms with Crippen molar-refractivity contribution in [1.29, 1.82) is 0 Å². The third-order valence-corrected chi connectivity index (χ3v) is 6.96. The Kier molecular flexibility index (Phi) is 7.66. The number of benzene rings is 3. The van der Waals surface area contributed by atoms with Crippen LogP contribution in [0.1, 0.15) is 11.1 Å². The van der Waals surface area contributed by atoms with E-state index in [1.807, 2.05) is 36.4 Å². The van der Waals surface area contributed by atoms with E-state index in [1.165, 1.54) is 16.4 Å². The minimum atomic E-state index is -3.85. The third-order valence-electron chi connectivity index (χ3n) is 4.38. The zero-order valence-corrected chi connectivity index (χ0v) is 19.1. The highest BCUT2D eigenvalue weighted by molar-refractivity contribution is 9.10. The van der Waals surface area contributed by atoms with Crippen LogP contribution in [0.4, 0.5) is 0 Å². The predicted octanol–water partition coefficient (Wildman–Crippen LogP) is 4.61. The van der Waals surface area contributed by atoms with Crippen LogP contribution in [0.5, 0.6) is 0 Å². The monoisotopic (exact) mass is 506 g/mol. The minimum Gasteiger partial charge on any atom is -0.351 e. The lowest BCUT2D eigenvalue weighted by atomic mass is 10.2. The Labute approximate surface area is 189 Å². The van der Waals surface area contributed by atoms with E-state index in [4.69, 9.17) is 11.6 Å². The summed E-state index contributed by atoms with van der Waals surface area (Å²) in [6, 6.07) is 22.5. The first kappa shape index (κ1) is 22.5. The molecule has 0 aliphatic heterocycles. The van der Waals surface area contributed by atoms with Crippen LogP contribution in [-0.2, 0) is 27.9 Å². The predicted molar refractivity (Wildman–Crippen MR) is 121 cm³/mol. The van der Waals surface area contributed by atoms with E-state index >= 15 is 0 Å². The number of hydrogen-bond acceptors (Lipinski definition) is 3. The van der Waals surface area contributed by atoms with Crippen molar-refractivity contribution < 1.29 is 13.2 Å². The Bertz CT molecular complexity index is 1090. The van der Waals surface area contributed by atoms with Gasteiger partial charge in [0.05, 0.1) is 11.4 Å². The van der Waals surface area contributed by atoms with Gasteiger partial charge in [-0.25, -0.2) is 8.42 Å². The molecule has 8 heteroatoms. The second kappa shape index (κ2) is 10.2. The van der Waals surface area contributed by atoms with E-state index in [1.54, 1.807) is 30.3 Å². The Balaban J connectivity index is 1.77. The molecule has 1 amide bonds. The summed E-state index contributed by atoms with van der Waals surface area (Å²) >= 11 is 9.25. The summed E-state index contributed by atoms with van der Waals surface area (Å²) in [4.78, 5) is 12.7. The van der Waals surface area contributed by atoms with E-state index in [0.717, 1.165) is 15.6 Å². The largest absolute Gasteiger partial charge is 0.351 e. The van der Waals surface area contributed by atoms with Gasteiger partial charge < -0.3 is 5.32 Å². The smallest absolute Gasteiger partial charge is 0.243 e. The zero-order valence-electron chi connectivity index (χ0n) is 16.0. The van der Waals surface area contributed by atoms with Crippen LogP contribution in [0.15, 0.2) is 88.2 Å². The van der Waals surface area contributed by atoms with Crippen LogP contribution in [0.3, 0.4) is 0 Å². The highest BCUT2D eigenvalue weighted by Crippen LogP contribution is 2.19. The molecule has 156 valence electrons. The molecule has 1 N–H and O–H groups in total. The molecule has 0 fully saturated rings. The maximum Gasteiger partial charge on any atom is 0.243 e. The second-order valence-corrected chi connectivity index (χ2v) is 9.91. The molecule has 0 aliphatic rings. The molecular weight excluding hydrogens is 488 g/mol. The minimum absolute atomic E-state index is 0.0822. The highest BCUT2D eigenvalue weighted by atomic mass is 79.9. The quantitative estimate of drug-likeness (QED) is 0.484. The molecule has 0 radical (unpaired) electrons. The zero-order chi connectivity index (χ0) is 21.6. The summed E-state index contributed by atoms with van der Waals surface area (Å²) in [7, 11) is -3.85. The van der Waals surface area contributed by atoms with Crippen LogP contribution in [-0.4, -0.2) is 25.2 Å². The van der Waals surface area contributed by atoms with Crippen molar-refractivity contribution >= 4 is 43.5 Å². The van der Waals surface area contributed by atoms with Gasteiger partial charge in [-0.15, -0.1) is 0 Å². The second-order valence-electron chi connectivity index (χ2n) is 6.62. The van der Waals surface area contributed by atoms with Crippen LogP contribution in [0.2, 0.25) is 5.02 Å². The average molecular weight is 508 g/mol. The summed E-state index contributed by atoms with van der Waals surface area (Å²) in [6.45, 7) is 0.0767. The van der Waals surface area contributed by atoms with E-state index in [2.05, 4.69) is 21.2 Å². The molecule has 0 bridgehead atoms. The van der Waals surface area contributed by atoms with Crippen molar-refractivity contribution in [3.63, 3.8) is 0 Å². The third kappa shape index (κ3) is 6.15. The average Bonchev–Trinajstić information content (AvgIpc) is 2.75. The molecule has 0 unspecified atom stereocenters. The molecule has 0 saturated heterocycles. The first-order valence-electron chi connectivity index (χ1n) is 9.15. The molecule has 0 heterocycles. The first-order valence-corrected chi connectivity index (χ1v) is 11.8. The topological polar surface area (TPSA) is 66.5 Å². The van der Waals surface area contributed by atoms with Crippen LogP contribution in [0.25, 0.3) is 0 Å². The Hall–Kier alpha value is -2.19. The van der Waals surface area contributed by atoms with Gasteiger partial charge in [0.1, 0.15) is 0 Å². The van der Waals surface area contributed by atoms with Crippen LogP contribution in [0, 0.1) is 0 Å². The fourth-order valence-corrected chi connectivity index (χ4v) is 4.58. The van der Waals surface area contributed by atoms with Gasteiger partial charge in [0, 0.05) is 22.6 Å². The number of nitrogens with one attached hydrogen (secondary N) is 1. The van der Waals surface area contributed by atoms with E-state index in [0.29, 0.717) is 5.02 Å². The normalized spacial score (nSPS) is 11.4. The molecule has 0 aliphatic carbocycles. The number of rotatable bonds is 8. The number of carbonyl (C=O) groups is 1. The molecule has 0 atom stereocenters. The maximum atomic E-state index is 13.2. The van der Waals surface area contributed by atoms with Gasteiger partial charge in [-0.3, -0.25) is 4.79 Å². The van der Waals surface area contributed by atoms with Gasteiger partial charge in [-0.2, -0.15) is 4.31 Å². The molecular formula is C22H20BrClN2O3S. The van der Waals surface area contributed by atoms with Crippen molar-refractivity contribution in [2.24, 2.45) is 0 Å². The SMILES string of the molecule is O=C(CN(Cc1ccc(Br)cc1)S(=O)(=O)c1ccccc1)NCc1ccc(Cl)cc1. The summed E-state index contributed by atoms with van der Waals surface area (Å²) in [6.07, 6.45) is 0. The number of nitrogens with zero attached hydrogens (tertiary/aromatic N) is 1. The van der Waals surface area contributed by atoms with E-state index in [9.17, 15) is 13.2 Å². The van der Waals surface area contributed by atoms with Gasteiger partial charge in [0.15, 0.2) is 0 Å². The molecule has 30 heavy (non-hydrogen) atoms. The number of amides is 1. The van der Waals surface area contributed by atoms with E-state index < -0.39 is 10.0 Å². The molecule has 3 rings (SSSR count). The van der Waals surface area contributed by atoms with Crippen molar-refractivity contribution in [1.82, 2.24) is 9.62 Å². The summed E-state index contributed by atoms with van der Waals surface area (Å²) < 4.78 is 28.4. The molecule has 5 nitrogen and oxygen atoms in total. The molecule has 3 aromatic rings. The van der Waals surface area contributed by atoms with Crippen molar-refractivity contribution in [3.8, 4) is 0 Å².